The third-order valence-electron chi connectivity index (χ3n) is 7.79. The standard InChI is InChI=1S/C26H43N3O4/c1-5-9-17-12-13-20-22(21(17)24(31)27-4)26(33)29(19(15-30)14-16(2)3)23(20)25(32)28-18-10-7-6-8-11-18/h12-13,16-23,30H,5-11,14-15H2,1-4H3,(H,27,31)(H,28,32)/t17-,19-,20+,21-,22+,23+/m1/s1. The zero-order valence-corrected chi connectivity index (χ0v) is 20.8. The first-order valence-corrected chi connectivity index (χ1v) is 13.0. The zero-order chi connectivity index (χ0) is 24.1. The smallest absolute Gasteiger partial charge is 0.243 e. The molecule has 3 amide bonds. The molecular formula is C26H43N3O4. The number of nitrogens with zero attached hydrogens (tertiary/aromatic N) is 1. The summed E-state index contributed by atoms with van der Waals surface area (Å²) in [6.07, 6.45) is 11.7. The predicted octanol–water partition coefficient (Wildman–Crippen LogP) is 2.63. The van der Waals surface area contributed by atoms with E-state index in [-0.39, 0.29) is 48.1 Å². The van der Waals surface area contributed by atoms with Gasteiger partial charge in [-0.2, -0.15) is 0 Å². The molecule has 3 rings (SSSR count). The van der Waals surface area contributed by atoms with Crippen LogP contribution in [0.2, 0.25) is 0 Å². The van der Waals surface area contributed by atoms with E-state index in [9.17, 15) is 19.5 Å². The van der Waals surface area contributed by atoms with Gasteiger partial charge in [-0.25, -0.2) is 0 Å². The summed E-state index contributed by atoms with van der Waals surface area (Å²) in [6, 6.07) is -0.991. The number of aliphatic hydroxyl groups is 1. The van der Waals surface area contributed by atoms with Gasteiger partial charge in [0.05, 0.1) is 24.5 Å². The Kier molecular flexibility index (Phi) is 8.96. The van der Waals surface area contributed by atoms with Crippen molar-refractivity contribution in [2.24, 2.45) is 29.6 Å². The normalized spacial score (nSPS) is 30.9. The van der Waals surface area contributed by atoms with Crippen LogP contribution in [0, 0.1) is 29.6 Å². The second-order valence-corrected chi connectivity index (χ2v) is 10.6. The lowest BCUT2D eigenvalue weighted by molar-refractivity contribution is -0.143. The molecule has 33 heavy (non-hydrogen) atoms. The first-order chi connectivity index (χ1) is 15.8. The summed E-state index contributed by atoms with van der Waals surface area (Å²) in [5.41, 5.74) is 0. The van der Waals surface area contributed by atoms with Crippen LogP contribution in [0.1, 0.15) is 72.1 Å². The fourth-order valence-electron chi connectivity index (χ4n) is 6.33. The number of allylic oxidation sites excluding steroid dienone is 1. The molecule has 2 aliphatic carbocycles. The van der Waals surface area contributed by atoms with Gasteiger partial charge in [-0.05, 0) is 37.5 Å². The summed E-state index contributed by atoms with van der Waals surface area (Å²) >= 11 is 0. The lowest BCUT2D eigenvalue weighted by Crippen LogP contribution is -2.54. The van der Waals surface area contributed by atoms with E-state index < -0.39 is 23.9 Å². The van der Waals surface area contributed by atoms with Crippen LogP contribution < -0.4 is 10.6 Å². The molecule has 1 saturated heterocycles. The van der Waals surface area contributed by atoms with Crippen molar-refractivity contribution in [3.05, 3.63) is 12.2 Å². The topological polar surface area (TPSA) is 98.7 Å². The van der Waals surface area contributed by atoms with Crippen LogP contribution in [-0.2, 0) is 14.4 Å². The molecule has 3 aliphatic rings. The Morgan fingerprint density at radius 3 is 2.42 bits per heavy atom. The van der Waals surface area contributed by atoms with Gasteiger partial charge in [0.2, 0.25) is 17.7 Å². The molecule has 0 unspecified atom stereocenters. The fraction of sp³-hybridized carbons (Fsp3) is 0.808. The lowest BCUT2D eigenvalue weighted by Gasteiger charge is -2.35. The van der Waals surface area contributed by atoms with E-state index in [1.54, 1.807) is 11.9 Å². The third kappa shape index (κ3) is 5.44. The van der Waals surface area contributed by atoms with Crippen LogP contribution in [0.4, 0.5) is 0 Å². The predicted molar refractivity (Wildman–Crippen MR) is 128 cm³/mol. The molecule has 7 heteroatoms. The molecule has 0 aromatic rings. The number of nitrogens with one attached hydrogen (secondary N) is 2. The van der Waals surface area contributed by atoms with Crippen LogP contribution in [-0.4, -0.2) is 59.5 Å². The molecule has 0 aromatic heterocycles. The van der Waals surface area contributed by atoms with Crippen molar-refractivity contribution >= 4 is 17.7 Å². The van der Waals surface area contributed by atoms with E-state index >= 15 is 0 Å². The lowest BCUT2D eigenvalue weighted by atomic mass is 9.68. The quantitative estimate of drug-likeness (QED) is 0.460. The summed E-state index contributed by atoms with van der Waals surface area (Å²) in [5.74, 6) is -1.64. The maximum Gasteiger partial charge on any atom is 0.243 e. The Morgan fingerprint density at radius 2 is 1.85 bits per heavy atom. The summed E-state index contributed by atoms with van der Waals surface area (Å²) in [5, 5.41) is 16.2. The molecule has 0 bridgehead atoms. The summed E-state index contributed by atoms with van der Waals surface area (Å²) < 4.78 is 0. The number of carbonyl (C=O) groups excluding carboxylic acids is 3. The fourth-order valence-corrected chi connectivity index (χ4v) is 6.33. The summed E-state index contributed by atoms with van der Waals surface area (Å²) in [6.45, 7) is 5.99. The molecule has 1 aliphatic heterocycles. The number of carbonyl (C=O) groups is 3. The second kappa shape index (κ2) is 11.5. The molecule has 186 valence electrons. The summed E-state index contributed by atoms with van der Waals surface area (Å²) in [4.78, 5) is 42.2. The number of rotatable bonds is 9. The van der Waals surface area contributed by atoms with Crippen molar-refractivity contribution in [3.63, 3.8) is 0 Å². The number of fused-ring (bicyclic) bond motifs is 1. The average Bonchev–Trinajstić information content (AvgIpc) is 3.10. The average molecular weight is 462 g/mol. The van der Waals surface area contributed by atoms with Crippen molar-refractivity contribution in [1.82, 2.24) is 15.5 Å². The molecule has 6 atom stereocenters. The number of amides is 3. The highest BCUT2D eigenvalue weighted by molar-refractivity contribution is 5.97. The maximum atomic E-state index is 13.9. The second-order valence-electron chi connectivity index (χ2n) is 10.6. The molecule has 7 nitrogen and oxygen atoms in total. The van der Waals surface area contributed by atoms with Gasteiger partial charge in [-0.15, -0.1) is 0 Å². The van der Waals surface area contributed by atoms with E-state index in [4.69, 9.17) is 0 Å². The van der Waals surface area contributed by atoms with Gasteiger partial charge in [-0.3, -0.25) is 14.4 Å². The van der Waals surface area contributed by atoms with Gasteiger partial charge in [0.1, 0.15) is 6.04 Å². The van der Waals surface area contributed by atoms with E-state index in [1.165, 1.54) is 6.42 Å². The van der Waals surface area contributed by atoms with E-state index in [1.807, 2.05) is 6.08 Å². The van der Waals surface area contributed by atoms with Crippen molar-refractivity contribution in [3.8, 4) is 0 Å². The van der Waals surface area contributed by atoms with E-state index in [0.29, 0.717) is 6.42 Å². The number of likely N-dealkylation sites (tertiary alicyclic amines) is 1. The molecular weight excluding hydrogens is 418 g/mol. The number of hydrogen-bond acceptors (Lipinski definition) is 4. The van der Waals surface area contributed by atoms with E-state index in [0.717, 1.165) is 38.5 Å². The van der Waals surface area contributed by atoms with Crippen LogP contribution >= 0.6 is 0 Å². The minimum absolute atomic E-state index is 0.0279. The van der Waals surface area contributed by atoms with Crippen molar-refractivity contribution < 1.29 is 19.5 Å². The van der Waals surface area contributed by atoms with Gasteiger partial charge in [0, 0.05) is 19.0 Å². The Hall–Kier alpha value is -1.89. The van der Waals surface area contributed by atoms with Gasteiger partial charge in [0.15, 0.2) is 0 Å². The molecule has 1 saturated carbocycles. The van der Waals surface area contributed by atoms with Gasteiger partial charge in [0.25, 0.3) is 0 Å². The maximum absolute atomic E-state index is 13.9. The molecule has 2 fully saturated rings. The monoisotopic (exact) mass is 461 g/mol. The Labute approximate surface area is 198 Å². The largest absolute Gasteiger partial charge is 0.394 e. The SMILES string of the molecule is CCC[C@@H]1C=C[C@H]2[C@H](C(=O)N([C@@H](CO)CC(C)C)[C@@H]2C(=O)NC2CCCCC2)[C@@H]1C(=O)NC. The minimum Gasteiger partial charge on any atom is -0.394 e. The first-order valence-electron chi connectivity index (χ1n) is 13.0. The van der Waals surface area contributed by atoms with Crippen LogP contribution in [0.25, 0.3) is 0 Å². The highest BCUT2D eigenvalue weighted by Gasteiger charge is 2.58. The van der Waals surface area contributed by atoms with Gasteiger partial charge in [-0.1, -0.05) is 58.6 Å². The molecule has 1 heterocycles. The number of aliphatic hydroxyl groups excluding tert-OH is 1. The molecule has 0 radical (unpaired) electrons. The van der Waals surface area contributed by atoms with Crippen molar-refractivity contribution in [1.29, 1.82) is 0 Å². The van der Waals surface area contributed by atoms with E-state index in [2.05, 4.69) is 37.5 Å². The van der Waals surface area contributed by atoms with Crippen molar-refractivity contribution in [2.75, 3.05) is 13.7 Å². The van der Waals surface area contributed by atoms with Crippen LogP contribution in [0.15, 0.2) is 12.2 Å². The van der Waals surface area contributed by atoms with Gasteiger partial charge >= 0.3 is 0 Å². The van der Waals surface area contributed by atoms with Crippen molar-refractivity contribution in [2.45, 2.75) is 90.3 Å². The minimum atomic E-state index is -0.689. The molecule has 0 aromatic carbocycles. The number of hydrogen-bond donors (Lipinski definition) is 3. The van der Waals surface area contributed by atoms with Gasteiger partial charge < -0.3 is 20.6 Å². The Bertz CT molecular complexity index is 731. The molecule has 0 spiro atoms. The highest BCUT2D eigenvalue weighted by Crippen LogP contribution is 2.46. The third-order valence-corrected chi connectivity index (χ3v) is 7.79. The highest BCUT2D eigenvalue weighted by atomic mass is 16.3. The Morgan fingerprint density at radius 1 is 1.15 bits per heavy atom. The molecule has 3 N–H and O–H groups in total. The van der Waals surface area contributed by atoms with Crippen LogP contribution in [0.3, 0.4) is 0 Å². The van der Waals surface area contributed by atoms with Crippen LogP contribution in [0.5, 0.6) is 0 Å². The summed E-state index contributed by atoms with van der Waals surface area (Å²) in [7, 11) is 1.61. The zero-order valence-electron chi connectivity index (χ0n) is 20.8. The first kappa shape index (κ1) is 25.7. The Balaban J connectivity index is 1.98.